The number of hydrogen-bond acceptors (Lipinski definition) is 1. The van der Waals surface area contributed by atoms with E-state index in [-0.39, 0.29) is 5.91 Å². The Kier molecular flexibility index (Phi) is 4.18. The van der Waals surface area contributed by atoms with Crippen molar-refractivity contribution < 1.29 is 4.79 Å². The zero-order valence-corrected chi connectivity index (χ0v) is 12.2. The number of benzene rings is 2. The van der Waals surface area contributed by atoms with Crippen molar-refractivity contribution in [3.8, 4) is 0 Å². The van der Waals surface area contributed by atoms with Gasteiger partial charge in [-0.3, -0.25) is 4.79 Å². The molecule has 0 aliphatic heterocycles. The fraction of sp³-hybridized carbons (Fsp3) is 0.154. The molecule has 2 rings (SSSR count). The van der Waals surface area contributed by atoms with Crippen molar-refractivity contribution in [1.82, 2.24) is 5.32 Å². The summed E-state index contributed by atoms with van der Waals surface area (Å²) < 4.78 is 1.04. The predicted molar refractivity (Wildman–Crippen MR) is 77.8 cm³/mol. The Morgan fingerprint density at radius 3 is 2.59 bits per heavy atom. The van der Waals surface area contributed by atoms with Gasteiger partial charge < -0.3 is 5.32 Å². The van der Waals surface area contributed by atoms with E-state index in [9.17, 15) is 4.79 Å². The molecular formula is C13H11Br2NO. The summed E-state index contributed by atoms with van der Waals surface area (Å²) in [4.78, 5) is 11.8. The summed E-state index contributed by atoms with van der Waals surface area (Å²) in [5.41, 5.74) is 0.695. The number of hydrogen-bond donors (Lipinski definition) is 1. The van der Waals surface area contributed by atoms with Crippen LogP contribution >= 0.6 is 31.9 Å². The first-order valence-electron chi connectivity index (χ1n) is 5.24. The Labute approximate surface area is 117 Å². The Balaban J connectivity index is 2.31. The third kappa shape index (κ3) is 3.07. The van der Waals surface area contributed by atoms with Crippen LogP contribution < -0.4 is 5.32 Å². The van der Waals surface area contributed by atoms with Crippen molar-refractivity contribution in [2.75, 3.05) is 11.9 Å². The van der Waals surface area contributed by atoms with E-state index in [0.717, 1.165) is 20.6 Å². The van der Waals surface area contributed by atoms with E-state index in [1.165, 1.54) is 0 Å². The zero-order valence-electron chi connectivity index (χ0n) is 9.04. The van der Waals surface area contributed by atoms with Gasteiger partial charge >= 0.3 is 0 Å². The third-order valence-corrected chi connectivity index (χ3v) is 3.33. The largest absolute Gasteiger partial charge is 0.351 e. The maximum absolute atomic E-state index is 11.8. The number of alkyl halides is 1. The van der Waals surface area contributed by atoms with Gasteiger partial charge in [0.05, 0.1) is 0 Å². The highest BCUT2D eigenvalue weighted by Gasteiger charge is 2.05. The molecule has 0 spiro atoms. The Hall–Kier alpha value is -0.870. The molecule has 0 saturated heterocycles. The van der Waals surface area contributed by atoms with Crippen LogP contribution in [0.15, 0.2) is 40.9 Å². The Bertz CT molecular complexity index is 554. The average molecular weight is 357 g/mol. The molecule has 2 nitrogen and oxygen atoms in total. The van der Waals surface area contributed by atoms with Crippen LogP contribution in [0.25, 0.3) is 10.8 Å². The molecule has 0 unspecified atom stereocenters. The van der Waals surface area contributed by atoms with E-state index < -0.39 is 0 Å². The van der Waals surface area contributed by atoms with Crippen molar-refractivity contribution in [3.05, 3.63) is 46.4 Å². The molecule has 88 valence electrons. The Morgan fingerprint density at radius 1 is 1.12 bits per heavy atom. The lowest BCUT2D eigenvalue weighted by Crippen LogP contribution is -2.25. The highest BCUT2D eigenvalue weighted by molar-refractivity contribution is 9.10. The molecule has 0 fully saturated rings. The molecule has 0 saturated carbocycles. The number of carbonyl (C=O) groups is 1. The predicted octanol–water partition coefficient (Wildman–Crippen LogP) is 3.73. The molecule has 0 bridgehead atoms. The summed E-state index contributed by atoms with van der Waals surface area (Å²) in [5.74, 6) is -0.0331. The van der Waals surface area contributed by atoms with Gasteiger partial charge in [0, 0.05) is 21.9 Å². The monoisotopic (exact) mass is 355 g/mol. The fourth-order valence-electron chi connectivity index (χ4n) is 1.62. The van der Waals surface area contributed by atoms with Crippen LogP contribution in [0.5, 0.6) is 0 Å². The lowest BCUT2D eigenvalue weighted by molar-refractivity contribution is 0.0956. The summed E-state index contributed by atoms with van der Waals surface area (Å²) in [6.45, 7) is 0.636. The van der Waals surface area contributed by atoms with Gasteiger partial charge in [-0.2, -0.15) is 0 Å². The second-order valence-electron chi connectivity index (χ2n) is 3.65. The molecule has 0 radical (unpaired) electrons. The van der Waals surface area contributed by atoms with E-state index >= 15 is 0 Å². The average Bonchev–Trinajstić information content (AvgIpc) is 2.35. The number of nitrogens with one attached hydrogen (secondary N) is 1. The summed E-state index contributed by atoms with van der Waals surface area (Å²) in [5, 5.41) is 5.78. The minimum absolute atomic E-state index is 0.0331. The second kappa shape index (κ2) is 5.65. The standard InChI is InChI=1S/C13H11Br2NO/c14-5-6-16-13(17)11-2-1-10-8-12(15)4-3-9(10)7-11/h1-4,7-8H,5-6H2,(H,16,17). The SMILES string of the molecule is O=C(NCCBr)c1ccc2cc(Br)ccc2c1. The lowest BCUT2D eigenvalue weighted by Gasteiger charge is -2.05. The number of rotatable bonds is 3. The van der Waals surface area contributed by atoms with Crippen LogP contribution in [-0.2, 0) is 0 Å². The molecule has 0 atom stereocenters. The highest BCUT2D eigenvalue weighted by Crippen LogP contribution is 2.20. The zero-order chi connectivity index (χ0) is 12.3. The summed E-state index contributed by atoms with van der Waals surface area (Å²) in [6, 6.07) is 11.7. The van der Waals surface area contributed by atoms with Gasteiger partial charge in [-0.05, 0) is 35.0 Å². The molecule has 0 aromatic heterocycles. The van der Waals surface area contributed by atoms with Crippen molar-refractivity contribution in [2.45, 2.75) is 0 Å². The van der Waals surface area contributed by atoms with Crippen molar-refractivity contribution in [1.29, 1.82) is 0 Å². The maximum atomic E-state index is 11.8. The third-order valence-electron chi connectivity index (χ3n) is 2.44. The van der Waals surface area contributed by atoms with Gasteiger partial charge in [0.2, 0.25) is 0 Å². The number of carbonyl (C=O) groups excluding carboxylic acids is 1. The summed E-state index contributed by atoms with van der Waals surface area (Å²) in [6.07, 6.45) is 0. The first-order chi connectivity index (χ1) is 8.20. The van der Waals surface area contributed by atoms with E-state index in [1.54, 1.807) is 0 Å². The normalized spacial score (nSPS) is 10.5. The van der Waals surface area contributed by atoms with Crippen molar-refractivity contribution in [2.24, 2.45) is 0 Å². The van der Waals surface area contributed by atoms with Gasteiger partial charge in [-0.15, -0.1) is 0 Å². The molecule has 1 amide bonds. The van der Waals surface area contributed by atoms with Gasteiger partial charge in [0.1, 0.15) is 0 Å². The van der Waals surface area contributed by atoms with Gasteiger partial charge in [0.15, 0.2) is 0 Å². The number of halogens is 2. The summed E-state index contributed by atoms with van der Waals surface area (Å²) in [7, 11) is 0. The summed E-state index contributed by atoms with van der Waals surface area (Å²) >= 11 is 6.71. The molecule has 0 heterocycles. The second-order valence-corrected chi connectivity index (χ2v) is 5.36. The molecular weight excluding hydrogens is 346 g/mol. The molecule has 0 aliphatic rings. The molecule has 0 aliphatic carbocycles. The molecule has 1 N–H and O–H groups in total. The van der Waals surface area contributed by atoms with E-state index in [1.807, 2.05) is 36.4 Å². The quantitative estimate of drug-likeness (QED) is 0.834. The number of fused-ring (bicyclic) bond motifs is 1. The molecule has 17 heavy (non-hydrogen) atoms. The van der Waals surface area contributed by atoms with E-state index in [0.29, 0.717) is 12.1 Å². The van der Waals surface area contributed by atoms with Gasteiger partial charge in [-0.25, -0.2) is 0 Å². The van der Waals surface area contributed by atoms with Crippen LogP contribution in [0.2, 0.25) is 0 Å². The maximum Gasteiger partial charge on any atom is 0.251 e. The topological polar surface area (TPSA) is 29.1 Å². The van der Waals surface area contributed by atoms with Gasteiger partial charge in [-0.1, -0.05) is 44.0 Å². The molecule has 2 aromatic rings. The van der Waals surface area contributed by atoms with E-state index in [2.05, 4.69) is 37.2 Å². The van der Waals surface area contributed by atoms with Gasteiger partial charge in [0.25, 0.3) is 5.91 Å². The fourth-order valence-corrected chi connectivity index (χ4v) is 2.20. The van der Waals surface area contributed by atoms with Crippen LogP contribution in [0.3, 0.4) is 0 Å². The van der Waals surface area contributed by atoms with Crippen molar-refractivity contribution >= 4 is 48.5 Å². The first kappa shape index (κ1) is 12.6. The highest BCUT2D eigenvalue weighted by atomic mass is 79.9. The smallest absolute Gasteiger partial charge is 0.251 e. The lowest BCUT2D eigenvalue weighted by atomic mass is 10.1. The first-order valence-corrected chi connectivity index (χ1v) is 7.15. The van der Waals surface area contributed by atoms with Crippen LogP contribution in [0.4, 0.5) is 0 Å². The molecule has 2 aromatic carbocycles. The van der Waals surface area contributed by atoms with Crippen molar-refractivity contribution in [3.63, 3.8) is 0 Å². The van der Waals surface area contributed by atoms with Crippen LogP contribution in [0, 0.1) is 0 Å². The Morgan fingerprint density at radius 2 is 1.82 bits per heavy atom. The minimum Gasteiger partial charge on any atom is -0.351 e. The molecule has 4 heteroatoms. The van der Waals surface area contributed by atoms with Crippen LogP contribution in [-0.4, -0.2) is 17.8 Å². The minimum atomic E-state index is -0.0331. The van der Waals surface area contributed by atoms with E-state index in [4.69, 9.17) is 0 Å². The number of amides is 1. The van der Waals surface area contributed by atoms with Crippen LogP contribution in [0.1, 0.15) is 10.4 Å².